The highest BCUT2D eigenvalue weighted by molar-refractivity contribution is 7.21. The number of pyridine rings is 1. The Morgan fingerprint density at radius 3 is 3.05 bits per heavy atom. The molecule has 2 aromatic heterocycles. The molecular formula is C13H17N3O2S. The molecule has 0 aliphatic rings. The summed E-state index contributed by atoms with van der Waals surface area (Å²) in [6.45, 7) is 3.66. The minimum Gasteiger partial charge on any atom is -0.396 e. The summed E-state index contributed by atoms with van der Waals surface area (Å²) in [6.07, 6.45) is 1.68. The van der Waals surface area contributed by atoms with Gasteiger partial charge in [-0.15, -0.1) is 11.3 Å². The summed E-state index contributed by atoms with van der Waals surface area (Å²) in [7, 11) is 1.75. The van der Waals surface area contributed by atoms with Crippen LogP contribution in [0.1, 0.15) is 16.6 Å². The highest BCUT2D eigenvalue weighted by Gasteiger charge is 2.19. The van der Waals surface area contributed by atoms with Gasteiger partial charge in [-0.1, -0.05) is 0 Å². The molecule has 2 aromatic rings. The number of thiophene rings is 1. The van der Waals surface area contributed by atoms with Crippen LogP contribution in [0.5, 0.6) is 0 Å². The molecule has 0 aromatic carbocycles. The monoisotopic (exact) mass is 279 g/mol. The van der Waals surface area contributed by atoms with Crippen molar-refractivity contribution < 1.29 is 9.53 Å². The predicted molar refractivity (Wildman–Crippen MR) is 77.5 cm³/mol. The van der Waals surface area contributed by atoms with Crippen LogP contribution in [0.4, 0.5) is 5.69 Å². The van der Waals surface area contributed by atoms with E-state index in [2.05, 4.69) is 4.98 Å². The van der Waals surface area contributed by atoms with E-state index in [0.29, 0.717) is 35.8 Å². The predicted octanol–water partition coefficient (Wildman–Crippen LogP) is 1.99. The molecule has 0 radical (unpaired) electrons. The number of rotatable bonds is 5. The van der Waals surface area contributed by atoms with Crippen molar-refractivity contribution in [1.29, 1.82) is 0 Å². The van der Waals surface area contributed by atoms with E-state index in [0.717, 1.165) is 4.70 Å². The zero-order valence-corrected chi connectivity index (χ0v) is 11.9. The number of likely N-dealkylation sites (N-methyl/N-ethyl adjacent to an activating group) is 1. The fourth-order valence-electron chi connectivity index (χ4n) is 1.73. The van der Waals surface area contributed by atoms with E-state index in [1.807, 2.05) is 19.1 Å². The molecule has 0 aliphatic carbocycles. The second-order valence-electron chi connectivity index (χ2n) is 4.12. The fraction of sp³-hybridized carbons (Fsp3) is 0.385. The zero-order chi connectivity index (χ0) is 13.8. The summed E-state index contributed by atoms with van der Waals surface area (Å²) < 4.78 is 6.18. The second-order valence-corrected chi connectivity index (χ2v) is 5.17. The van der Waals surface area contributed by atoms with Crippen molar-refractivity contribution in [2.45, 2.75) is 6.92 Å². The number of carbonyl (C=O) groups excluding carboxylic acids is 1. The molecule has 0 unspecified atom stereocenters. The third-order valence-corrected chi connectivity index (χ3v) is 3.95. The molecule has 0 saturated heterocycles. The molecule has 0 saturated carbocycles. The van der Waals surface area contributed by atoms with Crippen LogP contribution in [-0.2, 0) is 4.74 Å². The largest absolute Gasteiger partial charge is 0.396 e. The number of nitrogens with two attached hydrogens (primary N) is 1. The number of ether oxygens (including phenoxy) is 1. The van der Waals surface area contributed by atoms with Gasteiger partial charge in [0.25, 0.3) is 5.91 Å². The first-order valence-corrected chi connectivity index (χ1v) is 6.93. The second kappa shape index (κ2) is 5.99. The molecule has 2 rings (SSSR count). The summed E-state index contributed by atoms with van der Waals surface area (Å²) >= 11 is 1.38. The molecule has 2 heterocycles. The summed E-state index contributed by atoms with van der Waals surface area (Å²) in [5.41, 5.74) is 7.17. The number of nitrogens with zero attached hydrogens (tertiary/aromatic N) is 2. The van der Waals surface area contributed by atoms with Crippen LogP contribution in [0.3, 0.4) is 0 Å². The lowest BCUT2D eigenvalue weighted by Crippen LogP contribution is -2.30. The Kier molecular flexibility index (Phi) is 4.34. The van der Waals surface area contributed by atoms with Crippen LogP contribution in [0.15, 0.2) is 18.3 Å². The normalized spacial score (nSPS) is 10.8. The third kappa shape index (κ3) is 2.85. The summed E-state index contributed by atoms with van der Waals surface area (Å²) in [6, 6.07) is 3.76. The molecule has 102 valence electrons. The van der Waals surface area contributed by atoms with E-state index in [1.165, 1.54) is 11.3 Å². The molecule has 0 spiro atoms. The van der Waals surface area contributed by atoms with Gasteiger partial charge in [-0.25, -0.2) is 0 Å². The highest BCUT2D eigenvalue weighted by Crippen LogP contribution is 2.32. The molecule has 0 aliphatic heterocycles. The van der Waals surface area contributed by atoms with Gasteiger partial charge in [0.05, 0.1) is 17.0 Å². The standard InChI is InChI=1S/C13H17N3O2S/c1-3-18-8-7-16(2)13(17)12-10(14)11-9(19-12)5-4-6-15-11/h4-6H,3,7-8,14H2,1-2H3. The van der Waals surface area contributed by atoms with E-state index in [4.69, 9.17) is 10.5 Å². The van der Waals surface area contributed by atoms with E-state index in [9.17, 15) is 4.79 Å². The van der Waals surface area contributed by atoms with Gasteiger partial charge in [-0.05, 0) is 19.1 Å². The van der Waals surface area contributed by atoms with Crippen molar-refractivity contribution in [2.75, 3.05) is 32.5 Å². The topological polar surface area (TPSA) is 68.5 Å². The van der Waals surface area contributed by atoms with Gasteiger partial charge in [-0.3, -0.25) is 9.78 Å². The summed E-state index contributed by atoms with van der Waals surface area (Å²) in [5, 5.41) is 0. The number of amides is 1. The Balaban J connectivity index is 2.19. The maximum Gasteiger partial charge on any atom is 0.265 e. The number of nitrogen functional groups attached to an aromatic ring is 1. The SMILES string of the molecule is CCOCCN(C)C(=O)c1sc2cccnc2c1N. The van der Waals surface area contributed by atoms with Crippen molar-refractivity contribution >= 4 is 33.1 Å². The first kappa shape index (κ1) is 13.8. The Morgan fingerprint density at radius 1 is 1.58 bits per heavy atom. The number of aromatic nitrogens is 1. The van der Waals surface area contributed by atoms with Gasteiger partial charge < -0.3 is 15.4 Å². The molecule has 19 heavy (non-hydrogen) atoms. The highest BCUT2D eigenvalue weighted by atomic mass is 32.1. The molecule has 0 atom stereocenters. The maximum absolute atomic E-state index is 12.3. The quantitative estimate of drug-likeness (QED) is 0.850. The van der Waals surface area contributed by atoms with E-state index >= 15 is 0 Å². The minimum absolute atomic E-state index is 0.0831. The van der Waals surface area contributed by atoms with E-state index in [-0.39, 0.29) is 5.91 Å². The molecule has 2 N–H and O–H groups in total. The molecule has 5 nitrogen and oxygen atoms in total. The lowest BCUT2D eigenvalue weighted by Gasteiger charge is -2.16. The number of hydrogen-bond donors (Lipinski definition) is 1. The lowest BCUT2D eigenvalue weighted by atomic mass is 10.3. The van der Waals surface area contributed by atoms with Gasteiger partial charge in [0.15, 0.2) is 0 Å². The van der Waals surface area contributed by atoms with Crippen LogP contribution >= 0.6 is 11.3 Å². The Labute approximate surface area is 116 Å². The Bertz CT molecular complexity index is 582. The Hall–Kier alpha value is -1.66. The average molecular weight is 279 g/mol. The van der Waals surface area contributed by atoms with Gasteiger partial charge in [0, 0.05) is 26.4 Å². The van der Waals surface area contributed by atoms with Crippen molar-refractivity contribution in [1.82, 2.24) is 9.88 Å². The van der Waals surface area contributed by atoms with Crippen molar-refractivity contribution in [3.63, 3.8) is 0 Å². The van der Waals surface area contributed by atoms with Gasteiger partial charge in [0.1, 0.15) is 10.4 Å². The first-order chi connectivity index (χ1) is 9.15. The van der Waals surface area contributed by atoms with Crippen LogP contribution in [0.25, 0.3) is 10.2 Å². The lowest BCUT2D eigenvalue weighted by molar-refractivity contribution is 0.0715. The smallest absolute Gasteiger partial charge is 0.265 e. The van der Waals surface area contributed by atoms with Crippen LogP contribution < -0.4 is 5.73 Å². The molecular weight excluding hydrogens is 262 g/mol. The van der Waals surface area contributed by atoms with Crippen LogP contribution in [0, 0.1) is 0 Å². The molecule has 6 heteroatoms. The number of anilines is 1. The fourth-order valence-corrected chi connectivity index (χ4v) is 2.80. The van der Waals surface area contributed by atoms with Crippen molar-refractivity contribution in [3.8, 4) is 0 Å². The Morgan fingerprint density at radius 2 is 2.37 bits per heavy atom. The first-order valence-electron chi connectivity index (χ1n) is 6.11. The maximum atomic E-state index is 12.3. The molecule has 0 bridgehead atoms. The average Bonchev–Trinajstić information content (AvgIpc) is 2.76. The van der Waals surface area contributed by atoms with Crippen molar-refractivity contribution in [2.24, 2.45) is 0 Å². The number of hydrogen-bond acceptors (Lipinski definition) is 5. The van der Waals surface area contributed by atoms with Gasteiger partial charge >= 0.3 is 0 Å². The van der Waals surface area contributed by atoms with Crippen molar-refractivity contribution in [3.05, 3.63) is 23.2 Å². The van der Waals surface area contributed by atoms with Crippen LogP contribution in [0.2, 0.25) is 0 Å². The van der Waals surface area contributed by atoms with E-state index in [1.54, 1.807) is 18.1 Å². The minimum atomic E-state index is -0.0831. The number of carbonyl (C=O) groups is 1. The van der Waals surface area contributed by atoms with Gasteiger partial charge in [-0.2, -0.15) is 0 Å². The van der Waals surface area contributed by atoms with E-state index < -0.39 is 0 Å². The van der Waals surface area contributed by atoms with Crippen LogP contribution in [-0.4, -0.2) is 42.6 Å². The number of fused-ring (bicyclic) bond motifs is 1. The summed E-state index contributed by atoms with van der Waals surface area (Å²) in [4.78, 5) is 18.7. The summed E-state index contributed by atoms with van der Waals surface area (Å²) in [5.74, 6) is -0.0831. The van der Waals surface area contributed by atoms with Gasteiger partial charge in [0.2, 0.25) is 0 Å². The molecule has 0 fully saturated rings. The molecule has 1 amide bonds. The zero-order valence-electron chi connectivity index (χ0n) is 11.0. The third-order valence-electron chi connectivity index (χ3n) is 2.80.